The first kappa shape index (κ1) is 27.1. The number of nitriles is 1. The summed E-state index contributed by atoms with van der Waals surface area (Å²) in [6, 6.07) is 25.6. The number of hydrogen-bond acceptors (Lipinski definition) is 5. The van der Waals surface area contributed by atoms with Gasteiger partial charge in [-0.15, -0.1) is 0 Å². The van der Waals surface area contributed by atoms with Crippen LogP contribution in [0.5, 0.6) is 5.75 Å². The second kappa shape index (κ2) is 9.95. The normalized spacial score (nSPS) is 12.5. The Morgan fingerprint density at radius 1 is 0.775 bits per heavy atom. The molecule has 0 radical (unpaired) electrons. The molecule has 1 aromatic heterocycles. The quantitative estimate of drug-likeness (QED) is 0.146. The number of alkyl halides is 5. The van der Waals surface area contributed by atoms with Crippen molar-refractivity contribution in [1.29, 1.82) is 5.26 Å². The highest BCUT2D eigenvalue weighted by molar-refractivity contribution is 7.87. The number of nitrogens with zero attached hydrogens (tertiary/aromatic N) is 1. The molecule has 11 heteroatoms. The van der Waals surface area contributed by atoms with E-state index in [1.165, 1.54) is 6.07 Å². The smallest absolute Gasteiger partial charge is 0.394 e. The van der Waals surface area contributed by atoms with Gasteiger partial charge in [0.05, 0.1) is 11.6 Å². The molecule has 0 aliphatic heterocycles. The maximum atomic E-state index is 14.1. The molecule has 5 aromatic rings. The lowest BCUT2D eigenvalue weighted by molar-refractivity contribution is -0.181. The van der Waals surface area contributed by atoms with Crippen LogP contribution in [0.4, 0.5) is 22.0 Å². The van der Waals surface area contributed by atoms with Gasteiger partial charge in [0.2, 0.25) is 0 Å². The first-order chi connectivity index (χ1) is 18.8. The van der Waals surface area contributed by atoms with E-state index in [1.807, 2.05) is 6.07 Å². The summed E-state index contributed by atoms with van der Waals surface area (Å²) in [5.41, 5.74) is 2.99. The van der Waals surface area contributed by atoms with Crippen molar-refractivity contribution in [2.24, 2.45) is 0 Å². The van der Waals surface area contributed by atoms with Crippen molar-refractivity contribution >= 4 is 32.1 Å². The van der Waals surface area contributed by atoms with Crippen LogP contribution in [-0.2, 0) is 10.1 Å². The van der Waals surface area contributed by atoms with Crippen molar-refractivity contribution in [2.75, 3.05) is 5.75 Å². The second-order valence-electron chi connectivity index (χ2n) is 9.12. The molecule has 0 aliphatic rings. The average molecular weight is 572 g/mol. The Morgan fingerprint density at radius 3 is 2.00 bits per heavy atom. The van der Waals surface area contributed by atoms with Gasteiger partial charge in [-0.3, -0.25) is 0 Å². The van der Waals surface area contributed by atoms with Crippen molar-refractivity contribution in [3.8, 4) is 34.1 Å². The molecule has 0 atom stereocenters. The summed E-state index contributed by atoms with van der Waals surface area (Å²) in [4.78, 5) is 0. The number of rotatable bonds is 7. The fourth-order valence-electron chi connectivity index (χ4n) is 4.41. The topological polar surface area (TPSA) is 80.3 Å². The van der Waals surface area contributed by atoms with E-state index in [0.717, 1.165) is 11.1 Å². The first-order valence-corrected chi connectivity index (χ1v) is 13.3. The Hall–Kier alpha value is -4.43. The minimum atomic E-state index is -5.28. The number of furan rings is 1. The molecule has 0 saturated carbocycles. The van der Waals surface area contributed by atoms with Gasteiger partial charge >= 0.3 is 16.3 Å². The van der Waals surface area contributed by atoms with Crippen molar-refractivity contribution in [2.45, 2.75) is 18.5 Å². The minimum absolute atomic E-state index is 0.0578. The fourth-order valence-corrected chi connectivity index (χ4v) is 5.51. The largest absolute Gasteiger partial charge is 0.452 e. The number of para-hydroxylation sites is 1. The van der Waals surface area contributed by atoms with Crippen molar-refractivity contribution < 1.29 is 39.0 Å². The number of benzene rings is 4. The van der Waals surface area contributed by atoms with Crippen LogP contribution in [0.3, 0.4) is 0 Å². The molecule has 4 aromatic carbocycles. The molecule has 1 heterocycles. The third kappa shape index (κ3) is 5.77. The first-order valence-electron chi connectivity index (χ1n) is 11.8. The highest BCUT2D eigenvalue weighted by Crippen LogP contribution is 2.43. The molecule has 0 saturated heterocycles. The molecule has 0 spiro atoms. The van der Waals surface area contributed by atoms with E-state index in [4.69, 9.17) is 13.9 Å². The molecule has 0 bridgehead atoms. The zero-order valence-corrected chi connectivity index (χ0v) is 21.2. The number of halogens is 5. The number of fused-ring (bicyclic) bond motifs is 3. The monoisotopic (exact) mass is 571 g/mol. The highest BCUT2D eigenvalue weighted by Gasteiger charge is 2.47. The summed E-state index contributed by atoms with van der Waals surface area (Å²) in [5.74, 6) is -7.20. The maximum Gasteiger partial charge on any atom is 0.394 e. The van der Waals surface area contributed by atoms with Gasteiger partial charge in [0.15, 0.2) is 17.1 Å². The molecule has 0 aliphatic carbocycles. The third-order valence-electron chi connectivity index (χ3n) is 6.10. The summed E-state index contributed by atoms with van der Waals surface area (Å²) in [5, 5.41) is 10.0. The Kier molecular flexibility index (Phi) is 6.75. The number of hydrogen-bond donors (Lipinski definition) is 0. The minimum Gasteiger partial charge on any atom is -0.452 e. The molecule has 0 N–H and O–H groups in total. The van der Waals surface area contributed by atoms with Gasteiger partial charge < -0.3 is 8.60 Å². The Labute approximate surface area is 225 Å². The summed E-state index contributed by atoms with van der Waals surface area (Å²) >= 11 is 0. The van der Waals surface area contributed by atoms with Gasteiger partial charge in [-0.05, 0) is 47.0 Å². The molecular weight excluding hydrogens is 553 g/mol. The lowest BCUT2D eigenvalue weighted by Gasteiger charge is -2.19. The molecule has 204 valence electrons. The van der Waals surface area contributed by atoms with Gasteiger partial charge in [0.25, 0.3) is 5.92 Å². The van der Waals surface area contributed by atoms with E-state index in [-0.39, 0.29) is 11.1 Å². The van der Waals surface area contributed by atoms with Gasteiger partial charge in [-0.1, -0.05) is 54.6 Å². The van der Waals surface area contributed by atoms with Gasteiger partial charge in [0.1, 0.15) is 12.0 Å². The summed E-state index contributed by atoms with van der Waals surface area (Å²) < 4.78 is 102. The predicted molar refractivity (Wildman–Crippen MR) is 139 cm³/mol. The van der Waals surface area contributed by atoms with E-state index in [1.54, 1.807) is 78.9 Å². The molecule has 0 unspecified atom stereocenters. The van der Waals surface area contributed by atoms with Crippen molar-refractivity contribution in [1.82, 2.24) is 0 Å². The average Bonchev–Trinajstić information content (AvgIpc) is 3.26. The Morgan fingerprint density at radius 2 is 1.38 bits per heavy atom. The van der Waals surface area contributed by atoms with Crippen LogP contribution in [0.2, 0.25) is 0 Å². The zero-order chi connectivity index (χ0) is 28.7. The van der Waals surface area contributed by atoms with Crippen LogP contribution >= 0.6 is 0 Å². The van der Waals surface area contributed by atoms with Gasteiger partial charge in [0, 0.05) is 16.3 Å². The SMILES string of the molecule is N#Cc1ccc(-c2ccc(-c3ccc4c(oc5ccccc54)c3OS(=O)(=O)CC(F)(F)CC(F)(F)F)cc2)cc1. The van der Waals surface area contributed by atoms with Gasteiger partial charge in [-0.25, -0.2) is 8.78 Å². The van der Waals surface area contributed by atoms with Crippen LogP contribution < -0.4 is 4.18 Å². The van der Waals surface area contributed by atoms with Crippen LogP contribution in [0.25, 0.3) is 44.2 Å². The summed E-state index contributed by atoms with van der Waals surface area (Å²) in [6.07, 6.45) is -7.89. The fraction of sp³-hybridized carbons (Fsp3) is 0.138. The molecule has 40 heavy (non-hydrogen) atoms. The molecule has 0 amide bonds. The molecule has 5 nitrogen and oxygen atoms in total. The van der Waals surface area contributed by atoms with Crippen LogP contribution in [0.15, 0.2) is 89.3 Å². The van der Waals surface area contributed by atoms with Crippen molar-refractivity contribution in [3.63, 3.8) is 0 Å². The lowest BCUT2D eigenvalue weighted by atomic mass is 9.98. The molecule has 5 rings (SSSR count). The summed E-state index contributed by atoms with van der Waals surface area (Å²) in [6.45, 7) is 0. The van der Waals surface area contributed by atoms with E-state index in [9.17, 15) is 30.4 Å². The molecular formula is C29H18F5NO4S. The Balaban J connectivity index is 1.58. The van der Waals surface area contributed by atoms with E-state index in [2.05, 4.69) is 0 Å². The van der Waals surface area contributed by atoms with Gasteiger partial charge in [-0.2, -0.15) is 26.9 Å². The second-order valence-corrected chi connectivity index (χ2v) is 10.7. The lowest BCUT2D eigenvalue weighted by Crippen LogP contribution is -2.35. The van der Waals surface area contributed by atoms with Crippen LogP contribution in [0, 0.1) is 11.3 Å². The van der Waals surface area contributed by atoms with Crippen molar-refractivity contribution in [3.05, 3.63) is 90.5 Å². The van der Waals surface area contributed by atoms with E-state index >= 15 is 0 Å². The predicted octanol–water partition coefficient (Wildman–Crippen LogP) is 8.09. The standard InChI is InChI=1S/C29H18F5NO4S/c30-28(31,16-29(32,33)34)17-40(36,37)39-27-22(13-14-24-23-3-1-2-4-25(23)38-26(24)27)21-11-9-20(10-12-21)19-7-5-18(15-35)6-8-19/h1-14H,16-17H2. The van der Waals surface area contributed by atoms with Crippen LogP contribution in [0.1, 0.15) is 12.0 Å². The highest BCUT2D eigenvalue weighted by atomic mass is 32.2. The van der Waals surface area contributed by atoms with Crippen LogP contribution in [-0.4, -0.2) is 26.3 Å². The third-order valence-corrected chi connectivity index (χ3v) is 7.30. The molecule has 0 fully saturated rings. The maximum absolute atomic E-state index is 14.1. The summed E-state index contributed by atoms with van der Waals surface area (Å²) in [7, 11) is -5.22. The van der Waals surface area contributed by atoms with E-state index < -0.39 is 40.1 Å². The van der Waals surface area contributed by atoms with E-state index in [0.29, 0.717) is 27.5 Å². The zero-order valence-electron chi connectivity index (χ0n) is 20.4. The Bertz CT molecular complexity index is 1850.